The molecule has 2 aromatic rings. The molecule has 1 aliphatic rings. The van der Waals surface area contributed by atoms with E-state index in [1.807, 2.05) is 0 Å². The van der Waals surface area contributed by atoms with E-state index < -0.39 is 15.6 Å². The highest BCUT2D eigenvalue weighted by atomic mass is 32.2. The Bertz CT molecular complexity index is 962. The van der Waals surface area contributed by atoms with Gasteiger partial charge in [-0.15, -0.1) is 0 Å². The fourth-order valence-corrected chi connectivity index (χ4v) is 3.98. The molecule has 3 heterocycles. The fourth-order valence-electron chi connectivity index (χ4n) is 3.11. The summed E-state index contributed by atoms with van der Waals surface area (Å²) in [7, 11) is -1.57. The smallest absolute Gasteiger partial charge is 0.261 e. The minimum Gasteiger partial charge on any atom is -0.338 e. The highest BCUT2D eigenvalue weighted by Crippen LogP contribution is 2.19. The Morgan fingerprint density at radius 3 is 2.68 bits per heavy atom. The molecule has 1 saturated heterocycles. The predicted molar refractivity (Wildman–Crippen MR) is 93.9 cm³/mol. The number of aromatic amines is 1. The average molecular weight is 364 g/mol. The van der Waals surface area contributed by atoms with Crippen LogP contribution in [0.3, 0.4) is 0 Å². The van der Waals surface area contributed by atoms with Crippen LogP contribution in [0.1, 0.15) is 23.2 Å². The molecule has 25 heavy (non-hydrogen) atoms. The normalized spacial score (nSPS) is 16.9. The van der Waals surface area contributed by atoms with Crippen LogP contribution in [0, 0.1) is 0 Å². The van der Waals surface area contributed by atoms with E-state index in [1.165, 1.54) is 21.5 Å². The third-order valence-corrected chi connectivity index (χ3v) is 5.91. The quantitative estimate of drug-likeness (QED) is 0.850. The van der Waals surface area contributed by atoms with Crippen molar-refractivity contribution in [1.29, 1.82) is 0 Å². The van der Waals surface area contributed by atoms with Gasteiger partial charge in [-0.05, 0) is 31.0 Å². The topological polar surface area (TPSA) is 103 Å². The molecule has 0 spiro atoms. The van der Waals surface area contributed by atoms with Crippen molar-refractivity contribution in [3.63, 3.8) is 0 Å². The lowest BCUT2D eigenvalue weighted by Gasteiger charge is -2.35. The van der Waals surface area contributed by atoms with Gasteiger partial charge in [-0.3, -0.25) is 14.6 Å². The number of amides is 1. The number of hydrogen-bond donors (Lipinski definition) is 1. The number of aromatic nitrogens is 2. The highest BCUT2D eigenvalue weighted by Gasteiger charge is 2.30. The largest absolute Gasteiger partial charge is 0.338 e. The molecule has 1 fully saturated rings. The summed E-state index contributed by atoms with van der Waals surface area (Å²) < 4.78 is 24.6. The first kappa shape index (κ1) is 17.6. The van der Waals surface area contributed by atoms with E-state index in [9.17, 15) is 18.0 Å². The number of pyridine rings is 2. The number of carbonyl (C=O) groups excluding carboxylic acids is 1. The summed E-state index contributed by atoms with van der Waals surface area (Å²) >= 11 is 0. The number of hydrogen-bond acceptors (Lipinski definition) is 5. The summed E-state index contributed by atoms with van der Waals surface area (Å²) in [4.78, 5) is 33.3. The Balaban J connectivity index is 1.79. The second kappa shape index (κ2) is 6.57. The van der Waals surface area contributed by atoms with Crippen LogP contribution in [0.2, 0.25) is 0 Å². The number of piperidine rings is 1. The molecule has 0 saturated carbocycles. The van der Waals surface area contributed by atoms with E-state index in [0.717, 1.165) is 0 Å². The molecular formula is C16H20N4O4S. The SMILES string of the molecule is CN(C(=O)c1cc2ncccc2[nH]c1=O)C1CCN(S(C)(=O)=O)CC1. The number of fused-ring (bicyclic) bond motifs is 1. The van der Waals surface area contributed by atoms with Gasteiger partial charge in [-0.2, -0.15) is 0 Å². The third-order valence-electron chi connectivity index (χ3n) is 4.60. The van der Waals surface area contributed by atoms with Crippen molar-refractivity contribution >= 4 is 27.0 Å². The van der Waals surface area contributed by atoms with E-state index in [4.69, 9.17) is 0 Å². The van der Waals surface area contributed by atoms with E-state index in [0.29, 0.717) is 37.0 Å². The number of sulfonamides is 1. The number of nitrogens with zero attached hydrogens (tertiary/aromatic N) is 3. The van der Waals surface area contributed by atoms with E-state index in [-0.39, 0.29) is 17.5 Å². The number of rotatable bonds is 3. The van der Waals surface area contributed by atoms with Gasteiger partial charge in [0.2, 0.25) is 10.0 Å². The van der Waals surface area contributed by atoms with Crippen LogP contribution in [0.4, 0.5) is 0 Å². The van der Waals surface area contributed by atoms with Crippen molar-refractivity contribution in [3.8, 4) is 0 Å². The predicted octanol–water partition coefficient (Wildman–Crippen LogP) is 0.419. The van der Waals surface area contributed by atoms with Crippen LogP contribution in [-0.4, -0.2) is 65.9 Å². The molecule has 1 N–H and O–H groups in total. The van der Waals surface area contributed by atoms with Crippen molar-refractivity contribution in [3.05, 3.63) is 40.3 Å². The lowest BCUT2D eigenvalue weighted by Crippen LogP contribution is -2.47. The number of carbonyl (C=O) groups is 1. The highest BCUT2D eigenvalue weighted by molar-refractivity contribution is 7.88. The Hall–Kier alpha value is -2.26. The van der Waals surface area contributed by atoms with E-state index in [1.54, 1.807) is 25.4 Å². The van der Waals surface area contributed by atoms with Gasteiger partial charge in [0.05, 0.1) is 17.3 Å². The molecular weight excluding hydrogens is 344 g/mol. The summed E-state index contributed by atoms with van der Waals surface area (Å²) in [6, 6.07) is 4.83. The fraction of sp³-hybridized carbons (Fsp3) is 0.438. The average Bonchev–Trinajstić information content (AvgIpc) is 2.59. The molecule has 0 aliphatic carbocycles. The standard InChI is InChI=1S/C16H20N4O4S/c1-19(11-5-8-20(9-6-11)25(2,23)24)16(22)12-10-14-13(18-15(12)21)4-3-7-17-14/h3-4,7,10-11H,5-6,8-9H2,1-2H3,(H,18,21). The Morgan fingerprint density at radius 1 is 1.36 bits per heavy atom. The van der Waals surface area contributed by atoms with Crippen LogP contribution in [0.5, 0.6) is 0 Å². The first-order chi connectivity index (χ1) is 11.8. The van der Waals surface area contributed by atoms with Crippen molar-refractivity contribution in [2.45, 2.75) is 18.9 Å². The molecule has 1 amide bonds. The van der Waals surface area contributed by atoms with Gasteiger partial charge in [0.15, 0.2) is 0 Å². The molecule has 0 atom stereocenters. The molecule has 9 heteroatoms. The van der Waals surface area contributed by atoms with Gasteiger partial charge in [-0.1, -0.05) is 0 Å². The lowest BCUT2D eigenvalue weighted by atomic mass is 10.0. The van der Waals surface area contributed by atoms with E-state index in [2.05, 4.69) is 9.97 Å². The summed E-state index contributed by atoms with van der Waals surface area (Å²) in [6.45, 7) is 0.744. The second-order valence-electron chi connectivity index (χ2n) is 6.26. The molecule has 8 nitrogen and oxygen atoms in total. The van der Waals surface area contributed by atoms with Crippen molar-refractivity contribution in [2.75, 3.05) is 26.4 Å². The Morgan fingerprint density at radius 2 is 2.04 bits per heavy atom. The summed E-state index contributed by atoms with van der Waals surface area (Å²) in [6.07, 6.45) is 3.86. The zero-order valence-electron chi connectivity index (χ0n) is 14.1. The van der Waals surface area contributed by atoms with Gasteiger partial charge in [-0.25, -0.2) is 12.7 Å². The van der Waals surface area contributed by atoms with Crippen molar-refractivity contribution in [2.24, 2.45) is 0 Å². The molecule has 1 aliphatic heterocycles. The van der Waals surface area contributed by atoms with E-state index >= 15 is 0 Å². The zero-order chi connectivity index (χ0) is 18.2. The molecule has 0 radical (unpaired) electrons. The van der Waals surface area contributed by atoms with Gasteiger partial charge in [0.1, 0.15) is 5.56 Å². The Labute approximate surface area is 145 Å². The molecule has 0 aromatic carbocycles. The third kappa shape index (κ3) is 3.57. The monoisotopic (exact) mass is 364 g/mol. The lowest BCUT2D eigenvalue weighted by molar-refractivity contribution is 0.0680. The maximum Gasteiger partial charge on any atom is 0.261 e. The summed E-state index contributed by atoms with van der Waals surface area (Å²) in [5.41, 5.74) is 0.712. The maximum absolute atomic E-state index is 12.7. The van der Waals surface area contributed by atoms with Crippen LogP contribution < -0.4 is 5.56 Å². The first-order valence-electron chi connectivity index (χ1n) is 7.97. The second-order valence-corrected chi connectivity index (χ2v) is 8.24. The number of nitrogens with one attached hydrogen (secondary N) is 1. The minimum atomic E-state index is -3.21. The molecule has 3 rings (SSSR count). The van der Waals surface area contributed by atoms with Gasteiger partial charge >= 0.3 is 0 Å². The van der Waals surface area contributed by atoms with Gasteiger partial charge in [0.25, 0.3) is 11.5 Å². The first-order valence-corrected chi connectivity index (χ1v) is 9.82. The molecule has 134 valence electrons. The van der Waals surface area contributed by atoms with Crippen LogP contribution in [0.25, 0.3) is 11.0 Å². The van der Waals surface area contributed by atoms with Crippen LogP contribution in [-0.2, 0) is 10.0 Å². The van der Waals surface area contributed by atoms with Gasteiger partial charge < -0.3 is 9.88 Å². The minimum absolute atomic E-state index is 0.0410. The molecule has 0 bridgehead atoms. The van der Waals surface area contributed by atoms with Crippen LogP contribution >= 0.6 is 0 Å². The zero-order valence-corrected chi connectivity index (χ0v) is 14.9. The van der Waals surface area contributed by atoms with Crippen LogP contribution in [0.15, 0.2) is 29.2 Å². The van der Waals surface area contributed by atoms with Gasteiger partial charge in [0, 0.05) is 32.4 Å². The number of H-pyrrole nitrogens is 1. The van der Waals surface area contributed by atoms with Crippen molar-refractivity contribution < 1.29 is 13.2 Å². The van der Waals surface area contributed by atoms with Crippen molar-refractivity contribution in [1.82, 2.24) is 19.2 Å². The Kier molecular flexibility index (Phi) is 4.61. The molecule has 0 unspecified atom stereocenters. The maximum atomic E-state index is 12.7. The molecule has 2 aromatic heterocycles. The summed E-state index contributed by atoms with van der Waals surface area (Å²) in [5, 5.41) is 0. The summed E-state index contributed by atoms with van der Waals surface area (Å²) in [5.74, 6) is -0.383.